The van der Waals surface area contributed by atoms with E-state index in [9.17, 15) is 0 Å². The minimum Gasteiger partial charge on any atom is -0.316 e. The molecule has 1 N–H and O–H groups in total. The van der Waals surface area contributed by atoms with Crippen LogP contribution in [0.3, 0.4) is 0 Å². The van der Waals surface area contributed by atoms with Gasteiger partial charge < -0.3 is 5.32 Å². The third kappa shape index (κ3) is 2.12. The van der Waals surface area contributed by atoms with Gasteiger partial charge in [0.15, 0.2) is 5.82 Å². The SMILES string of the molecule is c1nc(C2CCC2)nn1CC1CCCNC1. The first-order chi connectivity index (χ1) is 7.92. The normalized spacial score (nSPS) is 26.6. The van der Waals surface area contributed by atoms with E-state index in [2.05, 4.69) is 15.4 Å². The van der Waals surface area contributed by atoms with E-state index in [0.29, 0.717) is 5.92 Å². The highest BCUT2D eigenvalue weighted by Gasteiger charge is 2.23. The smallest absolute Gasteiger partial charge is 0.153 e. The fraction of sp³-hybridized carbons (Fsp3) is 0.833. The van der Waals surface area contributed by atoms with Gasteiger partial charge in [0.05, 0.1) is 0 Å². The monoisotopic (exact) mass is 220 g/mol. The van der Waals surface area contributed by atoms with Gasteiger partial charge in [-0.1, -0.05) is 6.42 Å². The summed E-state index contributed by atoms with van der Waals surface area (Å²) in [5, 5.41) is 8.05. The molecule has 2 heterocycles. The zero-order valence-electron chi connectivity index (χ0n) is 9.73. The quantitative estimate of drug-likeness (QED) is 0.840. The van der Waals surface area contributed by atoms with Crippen LogP contribution in [0.2, 0.25) is 0 Å². The van der Waals surface area contributed by atoms with E-state index >= 15 is 0 Å². The minimum absolute atomic E-state index is 0.658. The molecule has 2 fully saturated rings. The molecule has 2 aliphatic rings. The highest BCUT2D eigenvalue weighted by Crippen LogP contribution is 2.33. The standard InChI is InChI=1S/C12H20N4/c1-4-11(5-1)12-14-9-16(15-12)8-10-3-2-6-13-7-10/h9-11,13H,1-8H2. The van der Waals surface area contributed by atoms with Crippen LogP contribution in [0.1, 0.15) is 43.8 Å². The molecule has 1 saturated heterocycles. The number of piperidine rings is 1. The van der Waals surface area contributed by atoms with Crippen LogP contribution in [-0.4, -0.2) is 27.9 Å². The van der Waals surface area contributed by atoms with Gasteiger partial charge in [0.2, 0.25) is 0 Å². The summed E-state index contributed by atoms with van der Waals surface area (Å²) in [5.41, 5.74) is 0. The van der Waals surface area contributed by atoms with Crippen molar-refractivity contribution >= 4 is 0 Å². The lowest BCUT2D eigenvalue weighted by Crippen LogP contribution is -2.32. The molecule has 0 spiro atoms. The van der Waals surface area contributed by atoms with Crippen LogP contribution < -0.4 is 5.32 Å². The molecule has 1 saturated carbocycles. The average Bonchev–Trinajstić information content (AvgIpc) is 2.65. The third-order valence-electron chi connectivity index (χ3n) is 3.87. The lowest BCUT2D eigenvalue weighted by molar-refractivity contribution is 0.321. The topological polar surface area (TPSA) is 42.7 Å². The van der Waals surface area contributed by atoms with Crippen LogP contribution in [0.25, 0.3) is 0 Å². The van der Waals surface area contributed by atoms with Crippen molar-refractivity contribution in [3.8, 4) is 0 Å². The molecular weight excluding hydrogens is 200 g/mol. The summed E-state index contributed by atoms with van der Waals surface area (Å²) in [6.07, 6.45) is 8.47. The number of aromatic nitrogens is 3. The Kier molecular flexibility index (Phi) is 2.91. The largest absolute Gasteiger partial charge is 0.316 e. The maximum atomic E-state index is 4.60. The van der Waals surface area contributed by atoms with Crippen molar-refractivity contribution in [2.45, 2.75) is 44.6 Å². The van der Waals surface area contributed by atoms with Crippen LogP contribution in [0, 0.1) is 5.92 Å². The number of rotatable bonds is 3. The van der Waals surface area contributed by atoms with Crippen molar-refractivity contribution in [1.82, 2.24) is 20.1 Å². The molecule has 4 heteroatoms. The van der Waals surface area contributed by atoms with Crippen molar-refractivity contribution < 1.29 is 0 Å². The van der Waals surface area contributed by atoms with Gasteiger partial charge in [-0.05, 0) is 44.7 Å². The van der Waals surface area contributed by atoms with Gasteiger partial charge in [0.25, 0.3) is 0 Å². The summed E-state index contributed by atoms with van der Waals surface area (Å²) in [5.74, 6) is 2.48. The molecule has 16 heavy (non-hydrogen) atoms. The van der Waals surface area contributed by atoms with Crippen molar-refractivity contribution in [1.29, 1.82) is 0 Å². The molecule has 0 radical (unpaired) electrons. The maximum absolute atomic E-state index is 4.60. The summed E-state index contributed by atoms with van der Waals surface area (Å²) in [4.78, 5) is 4.44. The Labute approximate surface area is 96.4 Å². The van der Waals surface area contributed by atoms with Gasteiger partial charge in [-0.3, -0.25) is 4.68 Å². The Morgan fingerprint density at radius 2 is 2.25 bits per heavy atom. The Morgan fingerprint density at radius 3 is 2.94 bits per heavy atom. The second kappa shape index (κ2) is 4.53. The molecule has 1 aromatic rings. The Bertz CT molecular complexity index is 337. The maximum Gasteiger partial charge on any atom is 0.153 e. The molecule has 0 bridgehead atoms. The summed E-state index contributed by atoms with van der Waals surface area (Å²) in [7, 11) is 0. The van der Waals surface area contributed by atoms with E-state index in [4.69, 9.17) is 0 Å². The summed E-state index contributed by atoms with van der Waals surface area (Å²) < 4.78 is 2.05. The number of nitrogens with zero attached hydrogens (tertiary/aromatic N) is 3. The van der Waals surface area contributed by atoms with E-state index < -0.39 is 0 Å². The molecule has 0 amide bonds. The highest BCUT2D eigenvalue weighted by molar-refractivity contribution is 4.98. The second-order valence-corrected chi connectivity index (χ2v) is 5.17. The first-order valence-corrected chi connectivity index (χ1v) is 6.52. The summed E-state index contributed by atoms with van der Waals surface area (Å²) in [6.45, 7) is 3.35. The van der Waals surface area contributed by atoms with Gasteiger partial charge in [-0.2, -0.15) is 5.10 Å². The zero-order valence-corrected chi connectivity index (χ0v) is 9.73. The summed E-state index contributed by atoms with van der Waals surface area (Å²) >= 11 is 0. The van der Waals surface area contributed by atoms with Crippen LogP contribution in [0.5, 0.6) is 0 Å². The average molecular weight is 220 g/mol. The minimum atomic E-state index is 0.658. The van der Waals surface area contributed by atoms with Crippen molar-refractivity contribution in [2.75, 3.05) is 13.1 Å². The summed E-state index contributed by atoms with van der Waals surface area (Å²) in [6, 6.07) is 0. The van der Waals surface area contributed by atoms with Crippen LogP contribution in [0.15, 0.2) is 6.33 Å². The number of hydrogen-bond acceptors (Lipinski definition) is 3. The molecule has 1 aliphatic heterocycles. The molecule has 1 unspecified atom stereocenters. The molecule has 88 valence electrons. The second-order valence-electron chi connectivity index (χ2n) is 5.17. The Balaban J connectivity index is 1.58. The van der Waals surface area contributed by atoms with Crippen LogP contribution >= 0.6 is 0 Å². The van der Waals surface area contributed by atoms with Gasteiger partial charge >= 0.3 is 0 Å². The Hall–Kier alpha value is -0.900. The van der Waals surface area contributed by atoms with E-state index in [1.807, 2.05) is 11.0 Å². The van der Waals surface area contributed by atoms with Gasteiger partial charge in [0.1, 0.15) is 6.33 Å². The molecule has 0 aromatic carbocycles. The van der Waals surface area contributed by atoms with E-state index in [-0.39, 0.29) is 0 Å². The van der Waals surface area contributed by atoms with Crippen LogP contribution in [-0.2, 0) is 6.54 Å². The predicted octanol–water partition coefficient (Wildman–Crippen LogP) is 1.55. The van der Waals surface area contributed by atoms with Gasteiger partial charge in [-0.15, -0.1) is 0 Å². The number of nitrogens with one attached hydrogen (secondary N) is 1. The molecule has 1 atom stereocenters. The van der Waals surface area contributed by atoms with Crippen molar-refractivity contribution in [3.63, 3.8) is 0 Å². The first kappa shape index (κ1) is 10.3. The lowest BCUT2D eigenvalue weighted by atomic mass is 9.85. The van der Waals surface area contributed by atoms with E-state index in [0.717, 1.165) is 24.8 Å². The van der Waals surface area contributed by atoms with Gasteiger partial charge in [-0.25, -0.2) is 4.98 Å². The predicted molar refractivity (Wildman–Crippen MR) is 62.2 cm³/mol. The fourth-order valence-electron chi connectivity index (χ4n) is 2.59. The van der Waals surface area contributed by atoms with Gasteiger partial charge in [0, 0.05) is 12.5 Å². The zero-order chi connectivity index (χ0) is 10.8. The fourth-order valence-corrected chi connectivity index (χ4v) is 2.59. The lowest BCUT2D eigenvalue weighted by Gasteiger charge is -2.23. The van der Waals surface area contributed by atoms with E-state index in [1.165, 1.54) is 38.6 Å². The van der Waals surface area contributed by atoms with Crippen molar-refractivity contribution in [3.05, 3.63) is 12.2 Å². The highest BCUT2D eigenvalue weighted by atomic mass is 15.3. The third-order valence-corrected chi connectivity index (χ3v) is 3.87. The molecular formula is C12H20N4. The Morgan fingerprint density at radius 1 is 1.31 bits per heavy atom. The number of hydrogen-bond donors (Lipinski definition) is 1. The van der Waals surface area contributed by atoms with Crippen molar-refractivity contribution in [2.24, 2.45) is 5.92 Å². The van der Waals surface area contributed by atoms with Crippen LogP contribution in [0.4, 0.5) is 0 Å². The molecule has 1 aliphatic carbocycles. The molecule has 3 rings (SSSR count). The van der Waals surface area contributed by atoms with E-state index in [1.54, 1.807) is 0 Å². The molecule has 4 nitrogen and oxygen atoms in total. The molecule has 1 aromatic heterocycles. The first-order valence-electron chi connectivity index (χ1n) is 6.52.